The van der Waals surface area contributed by atoms with Gasteiger partial charge in [0.1, 0.15) is 0 Å². The number of hydrogen-bond donors (Lipinski definition) is 0. The summed E-state index contributed by atoms with van der Waals surface area (Å²) >= 11 is 0. The summed E-state index contributed by atoms with van der Waals surface area (Å²) in [5.74, 6) is 2.37. The Morgan fingerprint density at radius 2 is 1.52 bits per heavy atom. The maximum absolute atomic E-state index is 11.5. The minimum Gasteiger partial charge on any atom is -0.371 e. The lowest BCUT2D eigenvalue weighted by Gasteiger charge is -2.36. The minimum absolute atomic E-state index is 0.00368. The molecule has 140 valence electrons. The van der Waals surface area contributed by atoms with Crippen molar-refractivity contribution in [3.05, 3.63) is 36.1 Å². The summed E-state index contributed by atoms with van der Waals surface area (Å²) in [5.41, 5.74) is 1.97. The molecule has 1 aliphatic rings. The van der Waals surface area contributed by atoms with Crippen molar-refractivity contribution in [2.75, 3.05) is 26.2 Å². The number of nitrogens with zero attached hydrogens (tertiary/aromatic N) is 2. The molecule has 0 radical (unpaired) electrons. The Kier molecular flexibility index (Phi) is 15.2. The maximum atomic E-state index is 11.5. The van der Waals surface area contributed by atoms with Crippen LogP contribution in [-0.2, 0) is 9.59 Å². The third kappa shape index (κ3) is 10.2. The first-order valence-electron chi connectivity index (χ1n) is 8.83. The molecule has 0 unspecified atom stereocenters. The summed E-state index contributed by atoms with van der Waals surface area (Å²) in [5, 5.41) is 0. The van der Waals surface area contributed by atoms with Crippen molar-refractivity contribution in [1.29, 1.82) is 0 Å². The second kappa shape index (κ2) is 15.3. The van der Waals surface area contributed by atoms with Gasteiger partial charge in [-0.15, -0.1) is 12.3 Å². The maximum Gasteiger partial charge on any atom is 0.246 e. The van der Waals surface area contributed by atoms with Gasteiger partial charge in [0.15, 0.2) is 5.78 Å². The lowest BCUT2D eigenvalue weighted by Crippen LogP contribution is -2.47. The molecule has 0 aromatic heterocycles. The van der Waals surface area contributed by atoms with Crippen LogP contribution >= 0.6 is 0 Å². The zero-order valence-electron chi connectivity index (χ0n) is 16.8. The molecule has 25 heavy (non-hydrogen) atoms. The van der Waals surface area contributed by atoms with Gasteiger partial charge in [0.05, 0.1) is 0 Å². The molecule has 1 fully saturated rings. The molecule has 0 aromatic carbocycles. The SMILES string of the molecule is C#CC.C=CC(=O)N1CCN(/C(C)=C/C=C(\CC)C(C)=O)CC1.CC. The van der Waals surface area contributed by atoms with Crippen molar-refractivity contribution >= 4 is 11.7 Å². The van der Waals surface area contributed by atoms with Crippen molar-refractivity contribution in [2.45, 2.75) is 48.0 Å². The first-order valence-corrected chi connectivity index (χ1v) is 8.83. The van der Waals surface area contributed by atoms with E-state index in [1.54, 1.807) is 18.7 Å². The van der Waals surface area contributed by atoms with Gasteiger partial charge in [0.25, 0.3) is 0 Å². The third-order valence-corrected chi connectivity index (χ3v) is 3.62. The highest BCUT2D eigenvalue weighted by molar-refractivity contribution is 5.93. The molecular weight excluding hydrogens is 312 g/mol. The van der Waals surface area contributed by atoms with Gasteiger partial charge in [0.2, 0.25) is 5.91 Å². The molecule has 0 N–H and O–H groups in total. The number of carbonyl (C=O) groups excluding carboxylic acids is 2. The molecule has 1 heterocycles. The van der Waals surface area contributed by atoms with Crippen LogP contribution in [0.3, 0.4) is 0 Å². The highest BCUT2D eigenvalue weighted by Gasteiger charge is 2.18. The Balaban J connectivity index is 0. The van der Waals surface area contributed by atoms with Crippen LogP contribution in [0.4, 0.5) is 0 Å². The number of ketones is 1. The zero-order valence-corrected chi connectivity index (χ0v) is 16.8. The Labute approximate surface area is 154 Å². The van der Waals surface area contributed by atoms with Crippen LogP contribution in [0.2, 0.25) is 0 Å². The Hall–Kier alpha value is -2.28. The van der Waals surface area contributed by atoms with E-state index in [4.69, 9.17) is 0 Å². The molecule has 0 aromatic rings. The molecule has 1 rings (SSSR count). The molecule has 0 aliphatic carbocycles. The van der Waals surface area contributed by atoms with Crippen LogP contribution in [0.15, 0.2) is 36.1 Å². The highest BCUT2D eigenvalue weighted by Crippen LogP contribution is 2.11. The molecule has 0 atom stereocenters. The predicted octanol–water partition coefficient (Wildman–Crippen LogP) is 3.81. The second-order valence-electron chi connectivity index (χ2n) is 5.21. The van der Waals surface area contributed by atoms with Gasteiger partial charge in [-0.1, -0.05) is 33.4 Å². The molecule has 4 nitrogen and oxygen atoms in total. The van der Waals surface area contributed by atoms with E-state index in [9.17, 15) is 9.59 Å². The Morgan fingerprint density at radius 1 is 1.08 bits per heavy atom. The van der Waals surface area contributed by atoms with Gasteiger partial charge in [-0.3, -0.25) is 9.59 Å². The topological polar surface area (TPSA) is 40.6 Å². The second-order valence-corrected chi connectivity index (χ2v) is 5.21. The standard InChI is InChI=1S/C16H24N2O2.C3H4.C2H6/c1-5-15(14(4)19)8-7-13(3)17-9-11-18(12-10-17)16(20)6-2;1-3-2;1-2/h6-8H,2,5,9-12H2,1,3-4H3;1H,2H3;1-2H3/b13-7+,15-8+;;. The van der Waals surface area contributed by atoms with Gasteiger partial charge in [-0.2, -0.15) is 0 Å². The van der Waals surface area contributed by atoms with Crippen molar-refractivity contribution < 1.29 is 9.59 Å². The summed E-state index contributed by atoms with van der Waals surface area (Å²) < 4.78 is 0. The molecule has 0 spiro atoms. The minimum atomic E-state index is -0.00368. The molecular formula is C21H34N2O2. The van der Waals surface area contributed by atoms with Crippen molar-refractivity contribution in [3.8, 4) is 12.3 Å². The van der Waals surface area contributed by atoms with Crippen molar-refractivity contribution in [1.82, 2.24) is 9.80 Å². The lowest BCUT2D eigenvalue weighted by atomic mass is 10.1. The highest BCUT2D eigenvalue weighted by atomic mass is 16.2. The number of hydrogen-bond acceptors (Lipinski definition) is 3. The van der Waals surface area contributed by atoms with Gasteiger partial charge in [-0.05, 0) is 44.9 Å². The van der Waals surface area contributed by atoms with E-state index in [0.717, 1.165) is 30.8 Å². The van der Waals surface area contributed by atoms with Crippen LogP contribution in [0.5, 0.6) is 0 Å². The fourth-order valence-corrected chi connectivity index (χ4v) is 2.22. The Bertz CT molecular complexity index is 517. The van der Waals surface area contributed by atoms with E-state index in [1.165, 1.54) is 6.08 Å². The predicted molar refractivity (Wildman–Crippen MR) is 107 cm³/mol. The summed E-state index contributed by atoms with van der Waals surface area (Å²) in [7, 11) is 0. The van der Waals surface area contributed by atoms with Crippen molar-refractivity contribution in [2.24, 2.45) is 0 Å². The van der Waals surface area contributed by atoms with E-state index in [1.807, 2.05) is 39.8 Å². The van der Waals surface area contributed by atoms with Crippen LogP contribution in [0.25, 0.3) is 0 Å². The van der Waals surface area contributed by atoms with Crippen molar-refractivity contribution in [3.63, 3.8) is 0 Å². The summed E-state index contributed by atoms with van der Waals surface area (Å²) in [6, 6.07) is 0. The van der Waals surface area contributed by atoms with Crippen LogP contribution in [-0.4, -0.2) is 47.7 Å². The van der Waals surface area contributed by atoms with Crippen LogP contribution in [0, 0.1) is 12.3 Å². The summed E-state index contributed by atoms with van der Waals surface area (Å²) in [6.07, 6.45) is 10.6. The summed E-state index contributed by atoms with van der Waals surface area (Å²) in [6.45, 7) is 17.8. The number of Topliss-reactive ketones (excluding diaryl/α,β-unsaturated/α-hetero) is 1. The number of rotatable bonds is 5. The average molecular weight is 347 g/mol. The molecule has 1 aliphatic heterocycles. The molecule has 0 saturated carbocycles. The Morgan fingerprint density at radius 3 is 1.88 bits per heavy atom. The number of carbonyl (C=O) groups is 2. The van der Waals surface area contributed by atoms with E-state index in [2.05, 4.69) is 23.8 Å². The number of piperazine rings is 1. The van der Waals surface area contributed by atoms with Gasteiger partial charge in [-0.25, -0.2) is 0 Å². The van der Waals surface area contributed by atoms with Gasteiger partial charge < -0.3 is 9.80 Å². The first kappa shape index (κ1) is 25.0. The van der Waals surface area contributed by atoms with Gasteiger partial charge >= 0.3 is 0 Å². The normalized spacial score (nSPS) is 14.3. The third-order valence-electron chi connectivity index (χ3n) is 3.62. The summed E-state index contributed by atoms with van der Waals surface area (Å²) in [4.78, 5) is 26.9. The number of terminal acetylenes is 1. The smallest absolute Gasteiger partial charge is 0.246 e. The zero-order chi connectivity index (χ0) is 19.8. The van der Waals surface area contributed by atoms with E-state index < -0.39 is 0 Å². The van der Waals surface area contributed by atoms with E-state index in [0.29, 0.717) is 13.1 Å². The van der Waals surface area contributed by atoms with E-state index in [-0.39, 0.29) is 11.7 Å². The molecule has 1 amide bonds. The fraction of sp³-hybridized carbons (Fsp3) is 0.524. The number of amides is 1. The lowest BCUT2D eigenvalue weighted by molar-refractivity contribution is -0.127. The van der Waals surface area contributed by atoms with Gasteiger partial charge in [0, 0.05) is 31.9 Å². The van der Waals surface area contributed by atoms with Crippen LogP contribution < -0.4 is 0 Å². The molecule has 4 heteroatoms. The first-order chi connectivity index (χ1) is 11.9. The monoisotopic (exact) mass is 346 g/mol. The quantitative estimate of drug-likeness (QED) is 0.432. The largest absolute Gasteiger partial charge is 0.371 e. The molecule has 0 bridgehead atoms. The van der Waals surface area contributed by atoms with Crippen LogP contribution in [0.1, 0.15) is 48.0 Å². The average Bonchev–Trinajstić information content (AvgIpc) is 2.63. The fourth-order valence-electron chi connectivity index (χ4n) is 2.22. The van der Waals surface area contributed by atoms with E-state index >= 15 is 0 Å². The molecule has 1 saturated heterocycles. The number of allylic oxidation sites excluding steroid dienone is 4.